The van der Waals surface area contributed by atoms with Crippen LogP contribution >= 0.6 is 0 Å². The summed E-state index contributed by atoms with van der Waals surface area (Å²) in [5, 5.41) is 2.96. The Morgan fingerprint density at radius 1 is 1.17 bits per heavy atom. The second-order valence-electron chi connectivity index (χ2n) is 6.58. The molecule has 2 aliphatic rings. The SMILES string of the molecule is O=C1Cc2cnc(CCCN3CCCC3)nc2-c2ccccc2N1. The maximum atomic E-state index is 12.0. The van der Waals surface area contributed by atoms with Gasteiger partial charge < -0.3 is 10.2 Å². The maximum absolute atomic E-state index is 12.0. The fraction of sp³-hybridized carbons (Fsp3) is 0.421. The number of nitrogens with one attached hydrogen (secondary N) is 1. The number of benzene rings is 1. The molecule has 5 heteroatoms. The third kappa shape index (κ3) is 3.17. The van der Waals surface area contributed by atoms with Crippen LogP contribution in [-0.2, 0) is 17.6 Å². The highest BCUT2D eigenvalue weighted by Crippen LogP contribution is 2.31. The highest BCUT2D eigenvalue weighted by molar-refractivity contribution is 5.99. The molecule has 2 aliphatic heterocycles. The molecule has 0 saturated carbocycles. The minimum Gasteiger partial charge on any atom is -0.325 e. The molecule has 4 rings (SSSR count). The van der Waals surface area contributed by atoms with E-state index in [0.29, 0.717) is 6.42 Å². The first-order valence-corrected chi connectivity index (χ1v) is 8.76. The van der Waals surface area contributed by atoms with Crippen LogP contribution in [0.15, 0.2) is 30.5 Å². The molecule has 1 fully saturated rings. The Kier molecular flexibility index (Phi) is 4.26. The zero-order valence-corrected chi connectivity index (χ0v) is 13.8. The molecule has 0 atom stereocenters. The zero-order valence-electron chi connectivity index (χ0n) is 13.8. The molecule has 124 valence electrons. The topological polar surface area (TPSA) is 58.1 Å². The van der Waals surface area contributed by atoms with E-state index in [9.17, 15) is 4.79 Å². The van der Waals surface area contributed by atoms with Crippen LogP contribution < -0.4 is 5.32 Å². The number of likely N-dealkylation sites (tertiary alicyclic amines) is 1. The number of nitrogens with zero attached hydrogens (tertiary/aromatic N) is 3. The highest BCUT2D eigenvalue weighted by atomic mass is 16.1. The molecule has 0 unspecified atom stereocenters. The molecule has 1 aromatic carbocycles. The van der Waals surface area contributed by atoms with Crippen LogP contribution in [0.25, 0.3) is 11.3 Å². The van der Waals surface area contributed by atoms with Gasteiger partial charge in [0, 0.05) is 23.7 Å². The van der Waals surface area contributed by atoms with Gasteiger partial charge >= 0.3 is 0 Å². The van der Waals surface area contributed by atoms with E-state index in [-0.39, 0.29) is 5.91 Å². The molecule has 0 aliphatic carbocycles. The van der Waals surface area contributed by atoms with Gasteiger partial charge in [0.15, 0.2) is 0 Å². The van der Waals surface area contributed by atoms with E-state index >= 15 is 0 Å². The lowest BCUT2D eigenvalue weighted by Crippen LogP contribution is -2.21. The second kappa shape index (κ2) is 6.69. The van der Waals surface area contributed by atoms with Gasteiger partial charge in [-0.3, -0.25) is 4.79 Å². The van der Waals surface area contributed by atoms with Crippen molar-refractivity contribution in [3.63, 3.8) is 0 Å². The van der Waals surface area contributed by atoms with Gasteiger partial charge in [-0.1, -0.05) is 18.2 Å². The van der Waals surface area contributed by atoms with E-state index in [1.54, 1.807) is 0 Å². The number of fused-ring (bicyclic) bond motifs is 3. The predicted molar refractivity (Wildman–Crippen MR) is 93.8 cm³/mol. The number of hydrogen-bond donors (Lipinski definition) is 1. The van der Waals surface area contributed by atoms with Gasteiger partial charge in [0.2, 0.25) is 5.91 Å². The number of para-hydroxylation sites is 1. The minimum atomic E-state index is -0.00779. The average Bonchev–Trinajstić information content (AvgIpc) is 3.05. The molecule has 2 aromatic rings. The molecular formula is C19H22N4O. The molecular weight excluding hydrogens is 300 g/mol. The van der Waals surface area contributed by atoms with Gasteiger partial charge in [-0.15, -0.1) is 0 Å². The van der Waals surface area contributed by atoms with E-state index in [2.05, 4.69) is 15.2 Å². The van der Waals surface area contributed by atoms with E-state index in [1.165, 1.54) is 25.9 Å². The van der Waals surface area contributed by atoms with E-state index in [0.717, 1.165) is 47.7 Å². The predicted octanol–water partition coefficient (Wildman–Crippen LogP) is 2.67. The molecule has 0 spiro atoms. The number of anilines is 1. The highest BCUT2D eigenvalue weighted by Gasteiger charge is 2.20. The molecule has 24 heavy (non-hydrogen) atoms. The van der Waals surface area contributed by atoms with Crippen LogP contribution in [0, 0.1) is 0 Å². The van der Waals surface area contributed by atoms with Crippen molar-refractivity contribution < 1.29 is 4.79 Å². The van der Waals surface area contributed by atoms with Crippen molar-refractivity contribution in [3.8, 4) is 11.3 Å². The smallest absolute Gasteiger partial charge is 0.228 e. The number of amides is 1. The van der Waals surface area contributed by atoms with Crippen molar-refractivity contribution in [1.82, 2.24) is 14.9 Å². The number of hydrogen-bond acceptors (Lipinski definition) is 4. The Morgan fingerprint density at radius 3 is 2.88 bits per heavy atom. The fourth-order valence-electron chi connectivity index (χ4n) is 3.56. The number of aryl methyl sites for hydroxylation is 1. The Morgan fingerprint density at radius 2 is 2.00 bits per heavy atom. The number of carbonyl (C=O) groups is 1. The second-order valence-corrected chi connectivity index (χ2v) is 6.58. The summed E-state index contributed by atoms with van der Waals surface area (Å²) in [4.78, 5) is 23.8. The largest absolute Gasteiger partial charge is 0.325 e. The van der Waals surface area contributed by atoms with Crippen molar-refractivity contribution in [3.05, 3.63) is 41.9 Å². The van der Waals surface area contributed by atoms with Crippen molar-refractivity contribution in [2.45, 2.75) is 32.1 Å². The van der Waals surface area contributed by atoms with Crippen LogP contribution in [-0.4, -0.2) is 40.4 Å². The summed E-state index contributed by atoms with van der Waals surface area (Å²) in [5.41, 5.74) is 3.63. The van der Waals surface area contributed by atoms with Crippen LogP contribution in [0.1, 0.15) is 30.7 Å². The van der Waals surface area contributed by atoms with Crippen LogP contribution in [0.3, 0.4) is 0 Å². The molecule has 1 saturated heterocycles. The van der Waals surface area contributed by atoms with Gasteiger partial charge in [0.05, 0.1) is 17.8 Å². The standard InChI is InChI=1S/C19H22N4O/c24-18-12-14-13-20-17(8-5-11-23-9-3-4-10-23)22-19(14)15-6-1-2-7-16(15)21-18/h1-2,6-7,13H,3-5,8-12H2,(H,21,24). The lowest BCUT2D eigenvalue weighted by Gasteiger charge is -2.14. The van der Waals surface area contributed by atoms with Crippen LogP contribution in [0.5, 0.6) is 0 Å². The number of aromatic nitrogens is 2. The molecule has 1 amide bonds. The third-order valence-electron chi connectivity index (χ3n) is 4.80. The van der Waals surface area contributed by atoms with Crippen LogP contribution in [0.2, 0.25) is 0 Å². The van der Waals surface area contributed by atoms with Gasteiger partial charge in [-0.2, -0.15) is 0 Å². The summed E-state index contributed by atoms with van der Waals surface area (Å²) in [6.07, 6.45) is 6.78. The Bertz CT molecular complexity index is 753. The van der Waals surface area contributed by atoms with Crippen LogP contribution in [0.4, 0.5) is 5.69 Å². The summed E-state index contributed by atoms with van der Waals surface area (Å²) in [6.45, 7) is 3.58. The lowest BCUT2D eigenvalue weighted by atomic mass is 10.0. The first kappa shape index (κ1) is 15.3. The summed E-state index contributed by atoms with van der Waals surface area (Å²) < 4.78 is 0. The van der Waals surface area contributed by atoms with E-state index in [4.69, 9.17) is 4.98 Å². The normalized spacial score (nSPS) is 17.1. The Balaban J connectivity index is 1.56. The summed E-state index contributed by atoms with van der Waals surface area (Å²) in [5.74, 6) is 0.865. The zero-order chi connectivity index (χ0) is 16.4. The first-order valence-electron chi connectivity index (χ1n) is 8.76. The van der Waals surface area contributed by atoms with E-state index < -0.39 is 0 Å². The first-order chi connectivity index (χ1) is 11.8. The Hall–Kier alpha value is -2.27. The average molecular weight is 322 g/mol. The number of carbonyl (C=O) groups excluding carboxylic acids is 1. The van der Waals surface area contributed by atoms with E-state index in [1.807, 2.05) is 30.5 Å². The quantitative estimate of drug-likeness (QED) is 0.940. The monoisotopic (exact) mass is 322 g/mol. The molecule has 1 N–H and O–H groups in total. The van der Waals surface area contributed by atoms with Gasteiger partial charge in [-0.25, -0.2) is 9.97 Å². The Labute approximate surface area is 142 Å². The number of rotatable bonds is 4. The molecule has 0 bridgehead atoms. The van der Waals surface area contributed by atoms with Crippen molar-refractivity contribution in [2.75, 3.05) is 25.0 Å². The van der Waals surface area contributed by atoms with Gasteiger partial charge in [0.25, 0.3) is 0 Å². The molecule has 1 aromatic heterocycles. The molecule has 3 heterocycles. The van der Waals surface area contributed by atoms with Crippen molar-refractivity contribution in [1.29, 1.82) is 0 Å². The van der Waals surface area contributed by atoms with Gasteiger partial charge in [0.1, 0.15) is 5.82 Å². The minimum absolute atomic E-state index is 0.00779. The summed E-state index contributed by atoms with van der Waals surface area (Å²) in [7, 11) is 0. The molecule has 5 nitrogen and oxygen atoms in total. The van der Waals surface area contributed by atoms with Crippen molar-refractivity contribution in [2.24, 2.45) is 0 Å². The molecule has 0 radical (unpaired) electrons. The fourth-order valence-corrected chi connectivity index (χ4v) is 3.56. The van der Waals surface area contributed by atoms with Crippen molar-refractivity contribution >= 4 is 11.6 Å². The summed E-state index contributed by atoms with van der Waals surface area (Å²) >= 11 is 0. The third-order valence-corrected chi connectivity index (χ3v) is 4.80. The lowest BCUT2D eigenvalue weighted by molar-refractivity contribution is -0.115. The maximum Gasteiger partial charge on any atom is 0.228 e. The summed E-state index contributed by atoms with van der Waals surface area (Å²) in [6, 6.07) is 7.86. The van der Waals surface area contributed by atoms with Gasteiger partial charge in [-0.05, 0) is 45.0 Å².